The van der Waals surface area contributed by atoms with Crippen LogP contribution in [0.2, 0.25) is 28.2 Å². The highest BCUT2D eigenvalue weighted by Crippen LogP contribution is 2.41. The van der Waals surface area contributed by atoms with Crippen molar-refractivity contribution >= 4 is 42.4 Å². The minimum atomic E-state index is -2.12. The first-order valence-electron chi connectivity index (χ1n) is 17.8. The number of nitrogens with zero attached hydrogens (tertiary/aromatic N) is 1. The molecule has 10 heteroatoms. The molecule has 272 valence electrons. The quantitative estimate of drug-likeness (QED) is 0.0695. The van der Waals surface area contributed by atoms with E-state index >= 15 is 0 Å². The molecule has 1 unspecified atom stereocenters. The molecule has 0 aliphatic heterocycles. The fourth-order valence-electron chi connectivity index (χ4n) is 5.53. The Hall–Kier alpha value is -2.69. The van der Waals surface area contributed by atoms with Gasteiger partial charge in [0, 0.05) is 53.3 Å². The van der Waals surface area contributed by atoms with Gasteiger partial charge in [0.2, 0.25) is 5.56 Å². The summed E-state index contributed by atoms with van der Waals surface area (Å²) in [6, 6.07) is 23.2. The second-order valence-corrected chi connectivity index (χ2v) is 20.1. The average molecular weight is 741 g/mol. The van der Waals surface area contributed by atoms with Crippen molar-refractivity contribution in [2.75, 3.05) is 39.9 Å². The van der Waals surface area contributed by atoms with Gasteiger partial charge in [-0.15, -0.1) is 0 Å². The highest BCUT2D eigenvalue weighted by Gasteiger charge is 2.39. The lowest BCUT2D eigenvalue weighted by Crippen LogP contribution is -2.43. The molecule has 0 saturated carbocycles. The Balaban J connectivity index is 1.27. The first-order valence-corrected chi connectivity index (χ1v) is 21.4. The van der Waals surface area contributed by atoms with Gasteiger partial charge in [0.25, 0.3) is 0 Å². The van der Waals surface area contributed by atoms with Crippen molar-refractivity contribution < 1.29 is 13.9 Å². The Kier molecular flexibility index (Phi) is 15.4. The van der Waals surface area contributed by atoms with Crippen LogP contribution in [-0.4, -0.2) is 58.1 Å². The standard InChI is InChI=1S/C40H55Cl2N3O4Si/c1-40(2,3)50(5,6)49-37(31-19-21-36(39-32(31)20-22-38(46)44-39)48-29-30-15-10-9-11-16-30)27-43-23-12-7-8-13-25-47-26-24-45(4)28-33-34(41)17-14-18-35(33)42/h9-11,14-22,37,43H,7-8,12-13,23-29H2,1-6H3,(H,44,46). The van der Waals surface area contributed by atoms with E-state index in [-0.39, 0.29) is 16.7 Å². The predicted molar refractivity (Wildman–Crippen MR) is 211 cm³/mol. The molecule has 0 spiro atoms. The number of H-pyrrole nitrogens is 1. The summed E-state index contributed by atoms with van der Waals surface area (Å²) in [6.07, 6.45) is 4.20. The van der Waals surface area contributed by atoms with Crippen LogP contribution < -0.4 is 15.6 Å². The lowest BCUT2D eigenvalue weighted by atomic mass is 10.0. The molecule has 1 atom stereocenters. The summed E-state index contributed by atoms with van der Waals surface area (Å²) in [6.45, 7) is 16.3. The van der Waals surface area contributed by atoms with Crippen LogP contribution in [0.4, 0.5) is 0 Å². The molecular formula is C40H55Cl2N3O4Si. The molecule has 0 saturated heterocycles. The summed E-state index contributed by atoms with van der Waals surface area (Å²) in [7, 11) is -0.0699. The van der Waals surface area contributed by atoms with E-state index in [1.54, 1.807) is 6.07 Å². The van der Waals surface area contributed by atoms with Gasteiger partial charge in [0.1, 0.15) is 12.4 Å². The van der Waals surface area contributed by atoms with Gasteiger partial charge in [0.15, 0.2) is 8.32 Å². The fraction of sp³-hybridized carbons (Fsp3) is 0.475. The van der Waals surface area contributed by atoms with Crippen LogP contribution in [0.5, 0.6) is 5.75 Å². The zero-order chi connectivity index (χ0) is 36.1. The number of aromatic nitrogens is 1. The maximum Gasteiger partial charge on any atom is 0.248 e. The van der Waals surface area contributed by atoms with Crippen molar-refractivity contribution in [3.8, 4) is 5.75 Å². The summed E-state index contributed by atoms with van der Waals surface area (Å²) in [5.74, 6) is 0.655. The summed E-state index contributed by atoms with van der Waals surface area (Å²) >= 11 is 12.6. The number of unbranched alkanes of at least 4 members (excludes halogenated alkanes) is 3. The smallest absolute Gasteiger partial charge is 0.248 e. The van der Waals surface area contributed by atoms with Crippen molar-refractivity contribution in [2.24, 2.45) is 0 Å². The second kappa shape index (κ2) is 19.2. The van der Waals surface area contributed by atoms with E-state index in [4.69, 9.17) is 37.1 Å². The molecule has 2 N–H and O–H groups in total. The second-order valence-electron chi connectivity index (χ2n) is 14.6. The highest BCUT2D eigenvalue weighted by molar-refractivity contribution is 6.74. The number of likely N-dealkylation sites (N-methyl/N-ethyl adjacent to an activating group) is 1. The number of nitrogens with one attached hydrogen (secondary N) is 2. The lowest BCUT2D eigenvalue weighted by Gasteiger charge is -2.39. The van der Waals surface area contributed by atoms with E-state index in [0.717, 1.165) is 67.5 Å². The molecule has 3 aromatic carbocycles. The zero-order valence-corrected chi connectivity index (χ0v) is 33.1. The molecule has 7 nitrogen and oxygen atoms in total. The van der Waals surface area contributed by atoms with Crippen molar-refractivity contribution in [1.29, 1.82) is 0 Å². The first-order chi connectivity index (χ1) is 23.9. The monoisotopic (exact) mass is 739 g/mol. The number of benzene rings is 3. The fourth-order valence-corrected chi connectivity index (χ4v) is 7.32. The van der Waals surface area contributed by atoms with Crippen LogP contribution in [0.3, 0.4) is 0 Å². The number of ether oxygens (including phenoxy) is 2. The van der Waals surface area contributed by atoms with Gasteiger partial charge in [-0.25, -0.2) is 0 Å². The molecular weight excluding hydrogens is 685 g/mol. The Morgan fingerprint density at radius 2 is 1.60 bits per heavy atom. The van der Waals surface area contributed by atoms with Crippen LogP contribution in [0.1, 0.15) is 69.2 Å². The van der Waals surface area contributed by atoms with Crippen LogP contribution in [0, 0.1) is 0 Å². The van der Waals surface area contributed by atoms with Crippen molar-refractivity contribution in [3.63, 3.8) is 0 Å². The van der Waals surface area contributed by atoms with Crippen LogP contribution in [0.15, 0.2) is 77.6 Å². The molecule has 4 aromatic rings. The number of fused-ring (bicyclic) bond motifs is 1. The molecule has 50 heavy (non-hydrogen) atoms. The van der Waals surface area contributed by atoms with E-state index in [2.05, 4.69) is 62.2 Å². The summed E-state index contributed by atoms with van der Waals surface area (Å²) in [5.41, 5.74) is 3.62. The third kappa shape index (κ3) is 11.9. The normalized spacial score (nSPS) is 12.9. The average Bonchev–Trinajstić information content (AvgIpc) is 3.07. The predicted octanol–water partition coefficient (Wildman–Crippen LogP) is 9.78. The molecule has 1 heterocycles. The maximum atomic E-state index is 12.5. The van der Waals surface area contributed by atoms with Crippen LogP contribution in [0.25, 0.3) is 10.9 Å². The number of hydrogen-bond acceptors (Lipinski definition) is 6. The van der Waals surface area contributed by atoms with Crippen molar-refractivity contribution in [3.05, 3.63) is 110 Å². The third-order valence-corrected chi connectivity index (χ3v) is 14.7. The van der Waals surface area contributed by atoms with E-state index < -0.39 is 8.32 Å². The molecule has 0 aliphatic rings. The number of rotatable bonds is 20. The zero-order valence-electron chi connectivity index (χ0n) is 30.6. The van der Waals surface area contributed by atoms with Gasteiger partial charge in [0.05, 0.1) is 18.2 Å². The van der Waals surface area contributed by atoms with Crippen molar-refractivity contribution in [1.82, 2.24) is 15.2 Å². The molecule has 0 bridgehead atoms. The van der Waals surface area contributed by atoms with E-state index in [9.17, 15) is 4.79 Å². The van der Waals surface area contributed by atoms with Crippen LogP contribution in [-0.2, 0) is 22.3 Å². The van der Waals surface area contributed by atoms with Crippen molar-refractivity contribution in [2.45, 2.75) is 83.8 Å². The maximum absolute atomic E-state index is 12.5. The van der Waals surface area contributed by atoms with Crippen LogP contribution >= 0.6 is 23.2 Å². The molecule has 4 rings (SSSR count). The Morgan fingerprint density at radius 1 is 0.880 bits per heavy atom. The minimum absolute atomic E-state index is 0.0505. The third-order valence-electron chi connectivity index (χ3n) is 9.55. The first kappa shape index (κ1) is 40.1. The SMILES string of the molecule is CN(CCOCCCCCCNCC(O[Si](C)(C)C(C)(C)C)c1ccc(OCc2ccccc2)c2[nH]c(=O)ccc12)Cc1c(Cl)cccc1Cl. The van der Waals surface area contributed by atoms with E-state index in [1.165, 1.54) is 0 Å². The van der Waals surface area contributed by atoms with Gasteiger partial charge in [-0.2, -0.15) is 0 Å². The van der Waals surface area contributed by atoms with Gasteiger partial charge >= 0.3 is 0 Å². The van der Waals surface area contributed by atoms with Gasteiger partial charge in [-0.05, 0) is 80.0 Å². The Labute approximate surface area is 309 Å². The Bertz CT molecular complexity index is 1670. The van der Waals surface area contributed by atoms with Gasteiger partial charge in [-0.1, -0.05) is 99.3 Å². The minimum Gasteiger partial charge on any atom is -0.487 e. The van der Waals surface area contributed by atoms with Gasteiger partial charge < -0.3 is 24.2 Å². The summed E-state index contributed by atoms with van der Waals surface area (Å²) in [4.78, 5) is 17.7. The summed E-state index contributed by atoms with van der Waals surface area (Å²) < 4.78 is 19.2. The largest absolute Gasteiger partial charge is 0.487 e. The molecule has 0 fully saturated rings. The number of halogens is 2. The molecule has 1 aromatic heterocycles. The number of hydrogen-bond donors (Lipinski definition) is 2. The topological polar surface area (TPSA) is 75.8 Å². The number of aromatic amines is 1. The van der Waals surface area contributed by atoms with Gasteiger partial charge in [-0.3, -0.25) is 9.69 Å². The number of pyridine rings is 1. The Morgan fingerprint density at radius 3 is 2.32 bits per heavy atom. The highest BCUT2D eigenvalue weighted by atomic mass is 35.5. The molecule has 0 radical (unpaired) electrons. The van der Waals surface area contributed by atoms with E-state index in [1.807, 2.05) is 60.7 Å². The summed E-state index contributed by atoms with van der Waals surface area (Å²) in [5, 5.41) is 6.07. The lowest BCUT2D eigenvalue weighted by molar-refractivity contribution is 0.106. The van der Waals surface area contributed by atoms with E-state index in [0.29, 0.717) is 47.6 Å². The molecule has 0 amide bonds. The molecule has 0 aliphatic carbocycles.